The van der Waals surface area contributed by atoms with Crippen molar-refractivity contribution >= 4 is 5.91 Å². The highest BCUT2D eigenvalue weighted by Crippen LogP contribution is 2.25. The van der Waals surface area contributed by atoms with Gasteiger partial charge in [-0.25, -0.2) is 4.39 Å². The van der Waals surface area contributed by atoms with Gasteiger partial charge in [-0.3, -0.25) is 4.79 Å². The monoisotopic (exact) mass is 294 g/mol. The Hall–Kier alpha value is -1.50. The molecule has 1 aromatic carbocycles. The molecular weight excluding hydrogens is 275 g/mol. The van der Waals surface area contributed by atoms with E-state index in [4.69, 9.17) is 9.47 Å². The summed E-state index contributed by atoms with van der Waals surface area (Å²) in [6.07, 6.45) is -0.862. The van der Waals surface area contributed by atoms with E-state index in [1.165, 1.54) is 6.07 Å². The fourth-order valence-corrected chi connectivity index (χ4v) is 2.70. The van der Waals surface area contributed by atoms with Crippen molar-refractivity contribution in [3.05, 3.63) is 35.6 Å². The number of benzene rings is 1. The quantitative estimate of drug-likeness (QED) is 0.873. The van der Waals surface area contributed by atoms with Gasteiger partial charge in [-0.1, -0.05) is 18.2 Å². The molecule has 2 fully saturated rings. The summed E-state index contributed by atoms with van der Waals surface area (Å²) < 4.78 is 25.0. The number of nitrogens with zero attached hydrogens (tertiary/aromatic N) is 1. The van der Waals surface area contributed by atoms with Crippen LogP contribution < -0.4 is 5.32 Å². The first-order valence-electron chi connectivity index (χ1n) is 7.23. The second-order valence-corrected chi connectivity index (χ2v) is 5.23. The lowest BCUT2D eigenvalue weighted by molar-refractivity contribution is -0.152. The number of hydrogen-bond acceptors (Lipinski definition) is 4. The van der Waals surface area contributed by atoms with Gasteiger partial charge in [0, 0.05) is 25.2 Å². The van der Waals surface area contributed by atoms with Gasteiger partial charge in [-0.05, 0) is 6.07 Å². The first-order chi connectivity index (χ1) is 10.3. The lowest BCUT2D eigenvalue weighted by atomic mass is 10.1. The highest BCUT2D eigenvalue weighted by molar-refractivity contribution is 5.81. The number of carbonyl (C=O) groups is 1. The molecule has 6 heteroatoms. The van der Waals surface area contributed by atoms with Crippen molar-refractivity contribution in [2.75, 3.05) is 39.4 Å². The lowest BCUT2D eigenvalue weighted by Gasteiger charge is -2.36. The van der Waals surface area contributed by atoms with Crippen molar-refractivity contribution in [3.63, 3.8) is 0 Å². The minimum Gasteiger partial charge on any atom is -0.370 e. The summed E-state index contributed by atoms with van der Waals surface area (Å²) in [6, 6.07) is 6.53. The molecule has 0 aliphatic carbocycles. The predicted octanol–water partition coefficient (Wildman–Crippen LogP) is 0.714. The molecule has 2 atom stereocenters. The Morgan fingerprint density at radius 2 is 2.14 bits per heavy atom. The highest BCUT2D eigenvalue weighted by atomic mass is 19.1. The van der Waals surface area contributed by atoms with Gasteiger partial charge in [-0.2, -0.15) is 0 Å². The molecule has 5 nitrogen and oxygen atoms in total. The summed E-state index contributed by atoms with van der Waals surface area (Å²) in [4.78, 5) is 14.1. The third kappa shape index (κ3) is 3.23. The zero-order chi connectivity index (χ0) is 14.7. The molecule has 3 rings (SSSR count). The molecule has 2 saturated heterocycles. The number of morpholine rings is 2. The van der Waals surface area contributed by atoms with E-state index in [1.54, 1.807) is 23.1 Å². The van der Waals surface area contributed by atoms with Crippen LogP contribution >= 0.6 is 0 Å². The van der Waals surface area contributed by atoms with E-state index in [2.05, 4.69) is 5.32 Å². The van der Waals surface area contributed by atoms with E-state index in [1.807, 2.05) is 0 Å². The third-order valence-electron chi connectivity index (χ3n) is 3.83. The van der Waals surface area contributed by atoms with Gasteiger partial charge in [0.15, 0.2) is 0 Å². The number of hydrogen-bond donors (Lipinski definition) is 1. The first kappa shape index (κ1) is 14.4. The van der Waals surface area contributed by atoms with Crippen molar-refractivity contribution in [1.82, 2.24) is 10.2 Å². The van der Waals surface area contributed by atoms with E-state index in [-0.39, 0.29) is 11.7 Å². The van der Waals surface area contributed by atoms with Crippen LogP contribution in [0.5, 0.6) is 0 Å². The Labute approximate surface area is 123 Å². The molecule has 21 heavy (non-hydrogen) atoms. The standard InChI is InChI=1S/C15H19FN2O3/c16-12-4-2-1-3-11(12)14-10-18(6-8-21-14)15(19)13-9-17-5-7-20-13/h1-4,13-14,17H,5-10H2/t13-,14-/m1/s1. The molecule has 1 aromatic rings. The largest absolute Gasteiger partial charge is 0.370 e. The molecule has 1 N–H and O–H groups in total. The zero-order valence-electron chi connectivity index (χ0n) is 11.8. The minimum absolute atomic E-state index is 0.0492. The Bertz CT molecular complexity index is 505. The number of carbonyl (C=O) groups excluding carboxylic acids is 1. The fourth-order valence-electron chi connectivity index (χ4n) is 2.70. The molecule has 0 bridgehead atoms. The topological polar surface area (TPSA) is 50.8 Å². The molecular formula is C15H19FN2O3. The molecule has 114 valence electrons. The van der Waals surface area contributed by atoms with E-state index in [0.717, 1.165) is 6.54 Å². The average Bonchev–Trinajstić information content (AvgIpc) is 2.55. The van der Waals surface area contributed by atoms with Gasteiger partial charge in [0.05, 0.1) is 19.8 Å². The second-order valence-electron chi connectivity index (χ2n) is 5.23. The van der Waals surface area contributed by atoms with Crippen LogP contribution in [0.3, 0.4) is 0 Å². The van der Waals surface area contributed by atoms with Crippen molar-refractivity contribution < 1.29 is 18.7 Å². The molecule has 2 aliphatic heterocycles. The fraction of sp³-hybridized carbons (Fsp3) is 0.533. The smallest absolute Gasteiger partial charge is 0.253 e. The highest BCUT2D eigenvalue weighted by Gasteiger charge is 2.32. The maximum atomic E-state index is 13.8. The molecule has 0 unspecified atom stereocenters. The Balaban J connectivity index is 1.68. The summed E-state index contributed by atoms with van der Waals surface area (Å²) in [7, 11) is 0. The van der Waals surface area contributed by atoms with Crippen molar-refractivity contribution in [1.29, 1.82) is 0 Å². The SMILES string of the molecule is O=C([C@H]1CNCCO1)N1CCO[C@@H](c2ccccc2F)C1. The van der Waals surface area contributed by atoms with E-state index in [0.29, 0.717) is 38.4 Å². The molecule has 2 aliphatic rings. The number of ether oxygens (including phenoxy) is 2. The first-order valence-corrected chi connectivity index (χ1v) is 7.23. The Kier molecular flexibility index (Phi) is 4.48. The van der Waals surface area contributed by atoms with Gasteiger partial charge in [-0.15, -0.1) is 0 Å². The van der Waals surface area contributed by atoms with Gasteiger partial charge >= 0.3 is 0 Å². The van der Waals surface area contributed by atoms with Gasteiger partial charge < -0.3 is 19.7 Å². The lowest BCUT2D eigenvalue weighted by Crippen LogP contribution is -2.52. The van der Waals surface area contributed by atoms with Gasteiger partial charge in [0.2, 0.25) is 0 Å². The van der Waals surface area contributed by atoms with Crippen molar-refractivity contribution in [2.24, 2.45) is 0 Å². The van der Waals surface area contributed by atoms with Gasteiger partial charge in [0.25, 0.3) is 5.91 Å². The van der Waals surface area contributed by atoms with Crippen LogP contribution in [0.15, 0.2) is 24.3 Å². The molecule has 0 spiro atoms. The van der Waals surface area contributed by atoms with Crippen LogP contribution in [0, 0.1) is 5.82 Å². The van der Waals surface area contributed by atoms with Crippen LogP contribution in [0.2, 0.25) is 0 Å². The zero-order valence-corrected chi connectivity index (χ0v) is 11.8. The Morgan fingerprint density at radius 1 is 1.29 bits per heavy atom. The van der Waals surface area contributed by atoms with Crippen LogP contribution in [0.25, 0.3) is 0 Å². The van der Waals surface area contributed by atoms with Crippen LogP contribution in [0.4, 0.5) is 4.39 Å². The number of nitrogens with one attached hydrogen (secondary N) is 1. The van der Waals surface area contributed by atoms with Crippen LogP contribution in [-0.2, 0) is 14.3 Å². The third-order valence-corrected chi connectivity index (χ3v) is 3.83. The Morgan fingerprint density at radius 3 is 2.90 bits per heavy atom. The van der Waals surface area contributed by atoms with Crippen molar-refractivity contribution in [3.8, 4) is 0 Å². The van der Waals surface area contributed by atoms with E-state index in [9.17, 15) is 9.18 Å². The summed E-state index contributed by atoms with van der Waals surface area (Å²) >= 11 is 0. The van der Waals surface area contributed by atoms with E-state index < -0.39 is 12.2 Å². The average molecular weight is 294 g/mol. The molecule has 0 radical (unpaired) electrons. The number of rotatable bonds is 2. The van der Waals surface area contributed by atoms with Crippen LogP contribution in [0.1, 0.15) is 11.7 Å². The molecule has 0 saturated carbocycles. The summed E-state index contributed by atoms with van der Waals surface area (Å²) in [5.74, 6) is -0.348. The normalized spacial score (nSPS) is 26.6. The van der Waals surface area contributed by atoms with E-state index >= 15 is 0 Å². The van der Waals surface area contributed by atoms with Crippen molar-refractivity contribution in [2.45, 2.75) is 12.2 Å². The summed E-state index contributed by atoms with van der Waals surface area (Å²) in [5, 5.41) is 3.14. The maximum Gasteiger partial charge on any atom is 0.253 e. The molecule has 0 aromatic heterocycles. The van der Waals surface area contributed by atoms with Gasteiger partial charge in [0.1, 0.15) is 18.0 Å². The number of amides is 1. The minimum atomic E-state index is -0.446. The molecule has 1 amide bonds. The van der Waals surface area contributed by atoms with Crippen LogP contribution in [-0.4, -0.2) is 56.3 Å². The summed E-state index contributed by atoms with van der Waals surface area (Å²) in [5.41, 5.74) is 0.498. The predicted molar refractivity (Wildman–Crippen MR) is 74.3 cm³/mol. The maximum absolute atomic E-state index is 13.8. The second kappa shape index (κ2) is 6.51. The number of halogens is 1. The summed E-state index contributed by atoms with van der Waals surface area (Å²) in [6.45, 7) is 3.12. The molecule has 2 heterocycles.